The third-order valence-electron chi connectivity index (χ3n) is 7.22. The van der Waals surface area contributed by atoms with Crippen LogP contribution >= 0.6 is 0 Å². The molecule has 0 bridgehead atoms. The van der Waals surface area contributed by atoms with E-state index < -0.39 is 92.8 Å². The van der Waals surface area contributed by atoms with Crippen LogP contribution in [0.1, 0.15) is 41.5 Å². The first-order valence-electron chi connectivity index (χ1n) is 19.3. The predicted octanol–water partition coefficient (Wildman–Crippen LogP) is -2.35. The third-order valence-corrected chi connectivity index (χ3v) is 7.22. The molecule has 1 rings (SSSR count). The Kier molecular flexibility index (Phi) is 23.7. The van der Waals surface area contributed by atoms with Crippen molar-refractivity contribution in [1.82, 2.24) is 78.6 Å². The Morgan fingerprint density at radius 2 is 0.667 bits per heavy atom. The molecule has 0 aliphatic carbocycles. The molecule has 0 aromatic rings. The van der Waals surface area contributed by atoms with Crippen LogP contribution in [0.25, 0.3) is 0 Å². The maximum Gasteiger partial charge on any atom is 0.336 e. The lowest BCUT2D eigenvalue weighted by molar-refractivity contribution is -0.133. The van der Waals surface area contributed by atoms with E-state index in [0.29, 0.717) is 15.0 Å². The monoisotopic (exact) mass is 849 g/mol. The van der Waals surface area contributed by atoms with Gasteiger partial charge in [-0.15, -0.1) is 19.7 Å². The number of nitrogens with one attached hydrogen (secondary N) is 9. The lowest BCUT2D eigenvalue weighted by Gasteiger charge is -2.31. The fourth-order valence-corrected chi connectivity index (χ4v) is 5.17. The molecule has 1 aliphatic heterocycles. The highest BCUT2D eigenvalue weighted by atomic mass is 16.2. The van der Waals surface area contributed by atoms with Crippen LogP contribution in [0.5, 0.6) is 0 Å². The first kappa shape index (κ1) is 51.7. The first-order chi connectivity index (χ1) is 28.3. The SMILES string of the molecule is C=CCNC(=O)N1CC(=O)NN(CC(C)C)CC(=O)NN(C(=O)NCC=C)CC(=O)NN(CC(C)C)CC(=O)NN(C(=O)NCC=C)CC(=O)NN(CC(C)C)CC(=O)N1. The Morgan fingerprint density at radius 3 is 0.867 bits per heavy atom. The van der Waals surface area contributed by atoms with E-state index in [9.17, 15) is 43.2 Å². The van der Waals surface area contributed by atoms with E-state index in [0.717, 1.165) is 0 Å². The van der Waals surface area contributed by atoms with Crippen molar-refractivity contribution in [3.8, 4) is 0 Å². The van der Waals surface area contributed by atoms with Crippen LogP contribution in [0.4, 0.5) is 14.4 Å². The second-order valence-corrected chi connectivity index (χ2v) is 14.7. The molecule has 0 saturated carbocycles. The third kappa shape index (κ3) is 22.0. The molecule has 24 heteroatoms. The van der Waals surface area contributed by atoms with Gasteiger partial charge in [-0.25, -0.2) is 44.4 Å². The van der Waals surface area contributed by atoms with Gasteiger partial charge in [-0.05, 0) is 17.8 Å². The van der Waals surface area contributed by atoms with E-state index in [-0.39, 0.29) is 57.0 Å². The molecule has 9 N–H and O–H groups in total. The molecule has 0 radical (unpaired) electrons. The fraction of sp³-hybridized carbons (Fsp3) is 0.583. The Hall–Kier alpha value is -6.27. The van der Waals surface area contributed by atoms with Crippen LogP contribution in [-0.4, -0.2) is 162 Å². The summed E-state index contributed by atoms with van der Waals surface area (Å²) in [6.07, 6.45) is 4.12. The summed E-state index contributed by atoms with van der Waals surface area (Å²) in [6, 6.07) is -2.68. The van der Waals surface area contributed by atoms with Crippen LogP contribution < -0.4 is 48.5 Å². The normalized spacial score (nSPS) is 17.1. The number of rotatable bonds is 12. The largest absolute Gasteiger partial charge is 0.336 e. The summed E-state index contributed by atoms with van der Waals surface area (Å²) in [4.78, 5) is 120. The Bertz CT molecular complexity index is 1310. The van der Waals surface area contributed by atoms with Gasteiger partial charge in [0, 0.05) is 39.3 Å². The summed E-state index contributed by atoms with van der Waals surface area (Å²) in [5.41, 5.74) is 14.7. The van der Waals surface area contributed by atoms with Gasteiger partial charge >= 0.3 is 18.1 Å². The molecule has 1 saturated heterocycles. The highest BCUT2D eigenvalue weighted by molar-refractivity contribution is 5.90. The summed E-state index contributed by atoms with van der Waals surface area (Å²) in [6.45, 7) is 17.9. The average molecular weight is 850 g/mol. The van der Waals surface area contributed by atoms with E-state index in [1.54, 1.807) is 0 Å². The van der Waals surface area contributed by atoms with Gasteiger partial charge < -0.3 is 16.0 Å². The molecule has 12 amide bonds. The van der Waals surface area contributed by atoms with Crippen LogP contribution in [-0.2, 0) is 28.8 Å². The van der Waals surface area contributed by atoms with E-state index in [2.05, 4.69) is 68.2 Å². The Balaban J connectivity index is 3.72. The second-order valence-electron chi connectivity index (χ2n) is 14.7. The summed E-state index contributed by atoms with van der Waals surface area (Å²) >= 11 is 0. The van der Waals surface area contributed by atoms with Crippen LogP contribution in [0.15, 0.2) is 38.0 Å². The lowest BCUT2D eigenvalue weighted by atomic mass is 10.2. The molecular formula is C36H63N15O9. The standard InChI is InChI=1S/C36H63N15O9/c1-10-13-37-34(58)49-22-31(55)40-47(17-26(6)7)20-29(53)44-51(36(60)39-15-12-3)24-33(57)42-48(18-27(8)9)21-30(54)45-50(35(59)38-14-11-2)23-32(56)41-46(16-25(4)5)19-28(52)43-49/h10-12,25-27H,1-3,13-24H2,4-9H3,(H,37,58)(H,38,59)(H,39,60)(H,40,55)(H,41,56)(H,42,57)(H,43,52)(H,44,53)(H,45,54). The van der Waals surface area contributed by atoms with Crippen LogP contribution in [0.2, 0.25) is 0 Å². The van der Waals surface area contributed by atoms with Gasteiger partial charge in [0.2, 0.25) is 0 Å². The molecule has 336 valence electrons. The Labute approximate surface area is 350 Å². The maximum absolute atomic E-state index is 13.4. The zero-order valence-corrected chi connectivity index (χ0v) is 35.4. The fourth-order valence-electron chi connectivity index (χ4n) is 5.17. The molecule has 1 aliphatic rings. The van der Waals surface area contributed by atoms with Gasteiger partial charge in [0.15, 0.2) is 0 Å². The van der Waals surface area contributed by atoms with Crippen molar-refractivity contribution in [2.24, 2.45) is 17.8 Å². The molecule has 1 heterocycles. The highest BCUT2D eigenvalue weighted by Gasteiger charge is 2.28. The van der Waals surface area contributed by atoms with Gasteiger partial charge in [-0.2, -0.15) is 0 Å². The number of nitrogens with zero attached hydrogens (tertiary/aromatic N) is 6. The molecule has 0 aromatic heterocycles. The minimum absolute atomic E-state index is 0.0277. The number of hydrogen-bond donors (Lipinski definition) is 9. The number of carbonyl (C=O) groups excluding carboxylic acids is 9. The van der Waals surface area contributed by atoms with Crippen molar-refractivity contribution >= 4 is 53.5 Å². The van der Waals surface area contributed by atoms with Crippen LogP contribution in [0.3, 0.4) is 0 Å². The minimum Gasteiger partial charge on any atom is -0.333 e. The number of amides is 12. The van der Waals surface area contributed by atoms with E-state index >= 15 is 0 Å². The average Bonchev–Trinajstić information content (AvgIpc) is 3.12. The van der Waals surface area contributed by atoms with Gasteiger partial charge in [0.05, 0.1) is 19.6 Å². The van der Waals surface area contributed by atoms with Crippen molar-refractivity contribution in [1.29, 1.82) is 0 Å². The number of urea groups is 3. The summed E-state index contributed by atoms with van der Waals surface area (Å²) < 4.78 is 0. The second kappa shape index (κ2) is 27.4. The zero-order chi connectivity index (χ0) is 45.4. The summed E-state index contributed by atoms with van der Waals surface area (Å²) in [7, 11) is 0. The number of hydrogen-bond acceptors (Lipinski definition) is 12. The molecule has 0 spiro atoms. The lowest BCUT2D eigenvalue weighted by Crippen LogP contribution is -2.61. The Morgan fingerprint density at radius 1 is 0.450 bits per heavy atom. The molecule has 24 nitrogen and oxygen atoms in total. The van der Waals surface area contributed by atoms with Crippen molar-refractivity contribution < 1.29 is 43.2 Å². The van der Waals surface area contributed by atoms with Crippen LogP contribution in [0, 0.1) is 17.8 Å². The van der Waals surface area contributed by atoms with E-state index in [4.69, 9.17) is 0 Å². The predicted molar refractivity (Wildman–Crippen MR) is 219 cm³/mol. The molecule has 1 fully saturated rings. The number of carbonyl (C=O) groups is 9. The summed E-state index contributed by atoms with van der Waals surface area (Å²) in [5.74, 6) is -5.34. The van der Waals surface area contributed by atoms with Crippen molar-refractivity contribution in [3.05, 3.63) is 38.0 Å². The summed E-state index contributed by atoms with van der Waals surface area (Å²) in [5, 5.41) is 13.2. The minimum atomic E-state index is -0.893. The van der Waals surface area contributed by atoms with Crippen molar-refractivity contribution in [2.45, 2.75) is 41.5 Å². The highest BCUT2D eigenvalue weighted by Crippen LogP contribution is 2.01. The molecule has 60 heavy (non-hydrogen) atoms. The molecule has 0 atom stereocenters. The molecule has 0 unspecified atom stereocenters. The van der Waals surface area contributed by atoms with E-state index in [1.807, 2.05) is 41.5 Å². The first-order valence-corrected chi connectivity index (χ1v) is 19.3. The van der Waals surface area contributed by atoms with E-state index in [1.165, 1.54) is 33.3 Å². The van der Waals surface area contributed by atoms with Gasteiger partial charge in [0.25, 0.3) is 35.4 Å². The molecular weight excluding hydrogens is 786 g/mol. The van der Waals surface area contributed by atoms with Crippen molar-refractivity contribution in [2.75, 3.05) is 78.5 Å². The van der Waals surface area contributed by atoms with Gasteiger partial charge in [-0.3, -0.25) is 61.3 Å². The molecule has 0 aromatic carbocycles. The number of hydrazine groups is 6. The maximum atomic E-state index is 13.4. The van der Waals surface area contributed by atoms with Crippen molar-refractivity contribution in [3.63, 3.8) is 0 Å². The van der Waals surface area contributed by atoms with Gasteiger partial charge in [0.1, 0.15) is 19.6 Å². The quantitative estimate of drug-likeness (QED) is 0.0935. The topological polar surface area (TPSA) is 281 Å². The van der Waals surface area contributed by atoms with Gasteiger partial charge in [-0.1, -0.05) is 59.8 Å². The zero-order valence-electron chi connectivity index (χ0n) is 35.4. The smallest absolute Gasteiger partial charge is 0.333 e.